The molecule has 1 atom stereocenters. The van der Waals surface area contributed by atoms with Gasteiger partial charge in [-0.25, -0.2) is 9.59 Å². The molecule has 0 aromatic heterocycles. The molecule has 2 aromatic carbocycles. The topological polar surface area (TPSA) is 123 Å². The van der Waals surface area contributed by atoms with Gasteiger partial charge in [0.25, 0.3) is 5.91 Å². The summed E-state index contributed by atoms with van der Waals surface area (Å²) >= 11 is 12.7. The number of unbranched alkanes of at least 4 members (excludes halogenated alkanes) is 1. The first-order chi connectivity index (χ1) is 16.8. The number of methoxy groups -OCH3 is 1. The third-order valence-corrected chi connectivity index (χ3v) is 5.49. The molecule has 0 heterocycles. The zero-order valence-electron chi connectivity index (χ0n) is 19.4. The number of aliphatic hydroxyl groups is 1. The van der Waals surface area contributed by atoms with Gasteiger partial charge in [-0.1, -0.05) is 53.5 Å². The lowest BCUT2D eigenvalue weighted by Gasteiger charge is -2.20. The lowest BCUT2D eigenvalue weighted by atomic mass is 10.1. The third-order valence-electron chi connectivity index (χ3n) is 4.86. The second-order valence-electron chi connectivity index (χ2n) is 7.41. The summed E-state index contributed by atoms with van der Waals surface area (Å²) in [5.41, 5.74) is 0.569. The number of amides is 1. The number of esters is 2. The van der Waals surface area contributed by atoms with E-state index in [0.29, 0.717) is 6.42 Å². The Kier molecular flexibility index (Phi) is 11.8. The van der Waals surface area contributed by atoms with E-state index in [4.69, 9.17) is 42.5 Å². The summed E-state index contributed by atoms with van der Waals surface area (Å²) in [5.74, 6) is -2.82. The molecule has 0 unspecified atom stereocenters. The quantitative estimate of drug-likeness (QED) is 0.207. The van der Waals surface area contributed by atoms with Crippen LogP contribution < -0.4 is 20.1 Å². The normalized spacial score (nSPS) is 11.5. The molecule has 0 spiro atoms. The van der Waals surface area contributed by atoms with Gasteiger partial charge >= 0.3 is 11.9 Å². The average Bonchev–Trinajstić information content (AvgIpc) is 2.86. The number of carbonyl (C=O) groups is 3. The van der Waals surface area contributed by atoms with E-state index >= 15 is 0 Å². The Hall–Kier alpha value is -2.85. The molecule has 9 nitrogen and oxygen atoms in total. The van der Waals surface area contributed by atoms with Crippen LogP contribution in [0.15, 0.2) is 36.4 Å². The molecule has 0 bridgehead atoms. The molecule has 11 heteroatoms. The Morgan fingerprint density at radius 1 is 1.09 bits per heavy atom. The van der Waals surface area contributed by atoms with Crippen LogP contribution >= 0.6 is 23.2 Å². The minimum absolute atomic E-state index is 0.00948. The molecular formula is C24H28Cl2N2O7. The minimum atomic E-state index is -1.04. The van der Waals surface area contributed by atoms with Gasteiger partial charge in [0, 0.05) is 6.42 Å². The van der Waals surface area contributed by atoms with Gasteiger partial charge < -0.3 is 30.0 Å². The molecule has 0 radical (unpaired) electrons. The molecule has 0 fully saturated rings. The van der Waals surface area contributed by atoms with Crippen molar-refractivity contribution >= 4 is 41.0 Å². The van der Waals surface area contributed by atoms with E-state index in [1.807, 2.05) is 13.1 Å². The number of benzene rings is 2. The summed E-state index contributed by atoms with van der Waals surface area (Å²) in [6.07, 6.45) is 1.69. The number of nitrogens with one attached hydrogen (secondary N) is 2. The minimum Gasteiger partial charge on any atom is -0.490 e. The fourth-order valence-electron chi connectivity index (χ4n) is 3.13. The van der Waals surface area contributed by atoms with Crippen molar-refractivity contribution in [3.63, 3.8) is 0 Å². The van der Waals surface area contributed by atoms with E-state index in [2.05, 4.69) is 10.6 Å². The fraction of sp³-hybridized carbons (Fsp3) is 0.375. The largest absolute Gasteiger partial charge is 0.490 e. The molecule has 0 aliphatic carbocycles. The number of rotatable bonds is 13. The van der Waals surface area contributed by atoms with Gasteiger partial charge in [0.15, 0.2) is 11.5 Å². The van der Waals surface area contributed by atoms with E-state index in [-0.39, 0.29) is 40.1 Å². The van der Waals surface area contributed by atoms with Gasteiger partial charge in [0.05, 0.1) is 24.3 Å². The number of ether oxygens (including phenoxy) is 3. The second kappa shape index (κ2) is 14.5. The number of aliphatic hydroxyl groups excluding tert-OH is 1. The monoisotopic (exact) mass is 526 g/mol. The smallest absolute Gasteiger partial charge is 0.337 e. The molecule has 0 saturated heterocycles. The summed E-state index contributed by atoms with van der Waals surface area (Å²) in [5, 5.41) is 14.5. The summed E-state index contributed by atoms with van der Waals surface area (Å²) in [6.45, 7) is 0.133. The van der Waals surface area contributed by atoms with E-state index in [1.54, 1.807) is 24.3 Å². The predicted octanol–water partition coefficient (Wildman–Crippen LogP) is 2.78. The Morgan fingerprint density at radius 2 is 1.80 bits per heavy atom. The van der Waals surface area contributed by atoms with Crippen LogP contribution in [0, 0.1) is 0 Å². The maximum absolute atomic E-state index is 13.2. The van der Waals surface area contributed by atoms with E-state index in [9.17, 15) is 14.4 Å². The SMILES string of the molecule is CNCCCCOc1c(Cl)cc(C(=O)N[C@@H](Cc2ccccc2)C(=O)OC)c(OC(=O)CO)c1Cl. The number of hydrogen-bond acceptors (Lipinski definition) is 8. The second-order valence-corrected chi connectivity index (χ2v) is 8.19. The van der Waals surface area contributed by atoms with Crippen LogP contribution in [-0.2, 0) is 20.7 Å². The molecule has 190 valence electrons. The molecule has 0 aliphatic heterocycles. The molecule has 3 N–H and O–H groups in total. The van der Waals surface area contributed by atoms with Gasteiger partial charge in [-0.15, -0.1) is 0 Å². The van der Waals surface area contributed by atoms with Crippen molar-refractivity contribution in [3.05, 3.63) is 57.6 Å². The van der Waals surface area contributed by atoms with Gasteiger partial charge in [-0.2, -0.15) is 0 Å². The van der Waals surface area contributed by atoms with Gasteiger partial charge in [-0.3, -0.25) is 4.79 Å². The zero-order valence-corrected chi connectivity index (χ0v) is 20.9. The summed E-state index contributed by atoms with van der Waals surface area (Å²) in [4.78, 5) is 37.3. The van der Waals surface area contributed by atoms with Crippen molar-refractivity contribution in [2.75, 3.05) is 33.9 Å². The van der Waals surface area contributed by atoms with E-state index in [0.717, 1.165) is 18.5 Å². The predicted molar refractivity (Wildman–Crippen MR) is 131 cm³/mol. The summed E-state index contributed by atoms with van der Waals surface area (Å²) in [6, 6.07) is 9.20. The molecule has 2 rings (SSSR count). The molecule has 0 saturated carbocycles. The Labute approximate surface area is 213 Å². The highest BCUT2D eigenvalue weighted by Gasteiger charge is 2.28. The van der Waals surface area contributed by atoms with Gasteiger partial charge in [0.1, 0.15) is 17.7 Å². The maximum atomic E-state index is 13.2. The highest BCUT2D eigenvalue weighted by Crippen LogP contribution is 2.43. The van der Waals surface area contributed by atoms with Crippen LogP contribution in [0.1, 0.15) is 28.8 Å². The van der Waals surface area contributed by atoms with Crippen LogP contribution in [-0.4, -0.2) is 62.9 Å². The van der Waals surface area contributed by atoms with Crippen molar-refractivity contribution in [2.24, 2.45) is 0 Å². The molecule has 1 amide bonds. The average molecular weight is 527 g/mol. The fourth-order valence-corrected chi connectivity index (χ4v) is 3.73. The van der Waals surface area contributed by atoms with Crippen molar-refractivity contribution in [1.29, 1.82) is 0 Å². The summed E-state index contributed by atoms with van der Waals surface area (Å²) in [7, 11) is 3.04. The van der Waals surface area contributed by atoms with Crippen LogP contribution in [0.3, 0.4) is 0 Å². The van der Waals surface area contributed by atoms with Gasteiger partial charge in [0.2, 0.25) is 0 Å². The van der Waals surface area contributed by atoms with Crippen LogP contribution in [0.4, 0.5) is 0 Å². The zero-order chi connectivity index (χ0) is 25.8. The highest BCUT2D eigenvalue weighted by molar-refractivity contribution is 6.39. The van der Waals surface area contributed by atoms with E-state index in [1.165, 1.54) is 13.2 Å². The number of halogens is 2. The first-order valence-corrected chi connectivity index (χ1v) is 11.6. The van der Waals surface area contributed by atoms with Crippen LogP contribution in [0.5, 0.6) is 11.5 Å². The molecular weight excluding hydrogens is 499 g/mol. The van der Waals surface area contributed by atoms with Crippen molar-refractivity contribution in [2.45, 2.75) is 25.3 Å². The molecule has 0 aliphatic rings. The number of carbonyl (C=O) groups excluding carboxylic acids is 3. The third kappa shape index (κ3) is 8.40. The Bertz CT molecular complexity index is 1020. The van der Waals surface area contributed by atoms with Crippen LogP contribution in [0.2, 0.25) is 10.0 Å². The Morgan fingerprint density at radius 3 is 2.43 bits per heavy atom. The van der Waals surface area contributed by atoms with Crippen molar-refractivity contribution in [3.8, 4) is 11.5 Å². The molecule has 2 aromatic rings. The Balaban J connectivity index is 2.35. The number of hydrogen-bond donors (Lipinski definition) is 3. The summed E-state index contributed by atoms with van der Waals surface area (Å²) < 4.78 is 15.6. The van der Waals surface area contributed by atoms with E-state index < -0.39 is 30.5 Å². The van der Waals surface area contributed by atoms with Gasteiger partial charge in [-0.05, 0) is 38.1 Å². The van der Waals surface area contributed by atoms with Crippen molar-refractivity contribution in [1.82, 2.24) is 10.6 Å². The highest BCUT2D eigenvalue weighted by atomic mass is 35.5. The first-order valence-electron chi connectivity index (χ1n) is 10.9. The standard InChI is InChI=1S/C24H28Cl2N2O7/c1-27-10-6-7-11-34-22-17(25)13-16(21(20(22)26)35-19(30)14-29)23(31)28-18(24(32)33-2)12-15-8-4-3-5-9-15/h3-5,8-9,13,18,27,29H,6-7,10-12,14H2,1-2H3,(H,28,31)/t18-/m0/s1. The maximum Gasteiger partial charge on any atom is 0.337 e. The molecule has 35 heavy (non-hydrogen) atoms. The lowest BCUT2D eigenvalue weighted by Crippen LogP contribution is -2.43. The van der Waals surface area contributed by atoms with Crippen molar-refractivity contribution < 1.29 is 33.7 Å². The van der Waals surface area contributed by atoms with Crippen LogP contribution in [0.25, 0.3) is 0 Å². The first kappa shape index (κ1) is 28.4. The lowest BCUT2D eigenvalue weighted by molar-refractivity contribution is -0.143.